The van der Waals surface area contributed by atoms with Gasteiger partial charge in [-0.05, 0) is 18.2 Å². The molecule has 0 unspecified atom stereocenters. The van der Waals surface area contributed by atoms with E-state index in [-0.39, 0.29) is 25.0 Å². The summed E-state index contributed by atoms with van der Waals surface area (Å²) in [6, 6.07) is 4.84. The maximum atomic E-state index is 12.0. The summed E-state index contributed by atoms with van der Waals surface area (Å²) < 4.78 is 5.26. The lowest BCUT2D eigenvalue weighted by molar-refractivity contribution is -0.118. The molecule has 0 spiro atoms. The van der Waals surface area contributed by atoms with E-state index in [0.29, 0.717) is 22.8 Å². The van der Waals surface area contributed by atoms with Crippen molar-refractivity contribution in [1.82, 2.24) is 20.5 Å². The lowest BCUT2D eigenvalue weighted by atomic mass is 10.1. The summed E-state index contributed by atoms with van der Waals surface area (Å²) in [7, 11) is 0. The predicted octanol–water partition coefficient (Wildman–Crippen LogP) is 0.0656. The summed E-state index contributed by atoms with van der Waals surface area (Å²) in [5.74, 6) is 0.585. The van der Waals surface area contributed by atoms with Crippen molar-refractivity contribution in [3.05, 3.63) is 35.9 Å². The van der Waals surface area contributed by atoms with Crippen molar-refractivity contribution >= 4 is 17.5 Å². The number of nitrogens with one attached hydrogen (secondary N) is 3. The Hall–Kier alpha value is -2.90. The number of fused-ring (bicyclic) bond motifs is 1. The van der Waals surface area contributed by atoms with Crippen LogP contribution < -0.4 is 15.4 Å². The van der Waals surface area contributed by atoms with Crippen LogP contribution >= 0.6 is 0 Å². The van der Waals surface area contributed by atoms with Crippen LogP contribution in [-0.2, 0) is 11.3 Å². The molecule has 8 heteroatoms. The zero-order chi connectivity index (χ0) is 13.9. The average Bonchev–Trinajstić information content (AvgIpc) is 2.97. The van der Waals surface area contributed by atoms with Crippen LogP contribution in [0, 0.1) is 0 Å². The normalized spacial score (nSPS) is 13.1. The van der Waals surface area contributed by atoms with Gasteiger partial charge >= 0.3 is 0 Å². The van der Waals surface area contributed by atoms with Crippen LogP contribution in [0.1, 0.15) is 16.2 Å². The molecule has 8 nitrogen and oxygen atoms in total. The third kappa shape index (κ3) is 2.44. The summed E-state index contributed by atoms with van der Waals surface area (Å²) in [4.78, 5) is 27.0. The van der Waals surface area contributed by atoms with E-state index in [9.17, 15) is 9.59 Å². The van der Waals surface area contributed by atoms with Gasteiger partial charge < -0.3 is 15.4 Å². The lowest BCUT2D eigenvalue weighted by Crippen LogP contribution is -2.27. The molecule has 1 aromatic carbocycles. The molecule has 3 rings (SSSR count). The van der Waals surface area contributed by atoms with Gasteiger partial charge in [0.2, 0.25) is 0 Å². The number of carbonyl (C=O) groups is 2. The van der Waals surface area contributed by atoms with Crippen molar-refractivity contribution in [2.45, 2.75) is 6.54 Å². The fraction of sp³-hybridized carbons (Fsp3) is 0.167. The maximum Gasteiger partial charge on any atom is 0.262 e. The summed E-state index contributed by atoms with van der Waals surface area (Å²) in [5.41, 5.74) is 1.01. The van der Waals surface area contributed by atoms with E-state index in [1.165, 1.54) is 6.33 Å². The van der Waals surface area contributed by atoms with E-state index in [2.05, 4.69) is 25.8 Å². The molecular formula is C12H11N5O3. The standard InChI is InChI=1S/C12H11N5O3/c18-11-5-20-9-3-7(1-2-8(9)16-11)12(19)13-4-10-14-6-15-17-10/h1-3,6H,4-5H2,(H,13,19)(H,16,18)(H,14,15,17). The number of ether oxygens (including phenoxy) is 1. The number of rotatable bonds is 3. The van der Waals surface area contributed by atoms with Gasteiger partial charge in [0.05, 0.1) is 12.2 Å². The minimum atomic E-state index is -0.260. The molecule has 0 fully saturated rings. The van der Waals surface area contributed by atoms with Crippen molar-refractivity contribution in [1.29, 1.82) is 0 Å². The number of anilines is 1. The van der Waals surface area contributed by atoms with Crippen LogP contribution in [-0.4, -0.2) is 33.6 Å². The number of carbonyl (C=O) groups excluding carboxylic acids is 2. The van der Waals surface area contributed by atoms with Crippen LogP contribution in [0.25, 0.3) is 0 Å². The Morgan fingerprint density at radius 3 is 3.15 bits per heavy atom. The summed E-state index contributed by atoms with van der Waals surface area (Å²) >= 11 is 0. The minimum absolute atomic E-state index is 0.0455. The first-order valence-corrected chi connectivity index (χ1v) is 5.91. The molecule has 1 aromatic heterocycles. The molecule has 1 aliphatic rings. The van der Waals surface area contributed by atoms with Gasteiger partial charge in [-0.3, -0.25) is 14.7 Å². The Morgan fingerprint density at radius 1 is 1.45 bits per heavy atom. The Labute approximate surface area is 113 Å². The molecule has 102 valence electrons. The second-order valence-electron chi connectivity index (χ2n) is 4.16. The van der Waals surface area contributed by atoms with Crippen molar-refractivity contribution in [2.24, 2.45) is 0 Å². The first-order chi connectivity index (χ1) is 9.72. The zero-order valence-corrected chi connectivity index (χ0v) is 10.3. The molecule has 1 aliphatic heterocycles. The smallest absolute Gasteiger partial charge is 0.262 e. The number of benzene rings is 1. The van der Waals surface area contributed by atoms with Gasteiger partial charge in [0.1, 0.15) is 17.9 Å². The molecule has 3 N–H and O–H groups in total. The van der Waals surface area contributed by atoms with Crippen LogP contribution in [0.4, 0.5) is 5.69 Å². The third-order valence-corrected chi connectivity index (χ3v) is 2.76. The maximum absolute atomic E-state index is 12.0. The van der Waals surface area contributed by atoms with E-state index in [1.54, 1.807) is 18.2 Å². The third-order valence-electron chi connectivity index (χ3n) is 2.76. The quantitative estimate of drug-likeness (QED) is 0.733. The number of aromatic nitrogens is 3. The monoisotopic (exact) mass is 273 g/mol. The summed E-state index contributed by atoms with van der Waals surface area (Å²) in [6.07, 6.45) is 1.37. The predicted molar refractivity (Wildman–Crippen MR) is 68.1 cm³/mol. The topological polar surface area (TPSA) is 109 Å². The van der Waals surface area contributed by atoms with E-state index in [1.807, 2.05) is 0 Å². The van der Waals surface area contributed by atoms with Gasteiger partial charge in [-0.2, -0.15) is 5.10 Å². The van der Waals surface area contributed by atoms with Gasteiger partial charge in [0, 0.05) is 5.56 Å². The van der Waals surface area contributed by atoms with Gasteiger partial charge in [-0.15, -0.1) is 0 Å². The Morgan fingerprint density at radius 2 is 2.35 bits per heavy atom. The molecule has 2 amide bonds. The van der Waals surface area contributed by atoms with Crippen molar-refractivity contribution in [2.75, 3.05) is 11.9 Å². The number of hydrogen-bond acceptors (Lipinski definition) is 5. The Kier molecular flexibility index (Phi) is 3.04. The highest BCUT2D eigenvalue weighted by Crippen LogP contribution is 2.28. The molecule has 2 heterocycles. The van der Waals surface area contributed by atoms with E-state index in [0.717, 1.165) is 0 Å². The van der Waals surface area contributed by atoms with Crippen LogP contribution in [0.15, 0.2) is 24.5 Å². The molecule has 2 aromatic rings. The van der Waals surface area contributed by atoms with E-state index < -0.39 is 0 Å². The van der Waals surface area contributed by atoms with Crippen LogP contribution in [0.5, 0.6) is 5.75 Å². The number of aromatic amines is 1. The largest absolute Gasteiger partial charge is 0.482 e. The van der Waals surface area contributed by atoms with Gasteiger partial charge in [0.15, 0.2) is 6.61 Å². The minimum Gasteiger partial charge on any atom is -0.482 e. The molecule has 0 bridgehead atoms. The second kappa shape index (κ2) is 5.00. The van der Waals surface area contributed by atoms with Crippen molar-refractivity contribution in [3.63, 3.8) is 0 Å². The number of amides is 2. The molecule has 0 aliphatic carbocycles. The molecule has 0 atom stereocenters. The summed E-state index contributed by atoms with van der Waals surface area (Å²) in [6.45, 7) is 0.212. The van der Waals surface area contributed by atoms with Gasteiger partial charge in [0.25, 0.3) is 11.8 Å². The van der Waals surface area contributed by atoms with E-state index in [4.69, 9.17) is 4.74 Å². The molecule has 0 radical (unpaired) electrons. The Balaban J connectivity index is 1.70. The van der Waals surface area contributed by atoms with Crippen molar-refractivity contribution in [3.8, 4) is 5.75 Å². The first-order valence-electron chi connectivity index (χ1n) is 5.91. The fourth-order valence-electron chi connectivity index (χ4n) is 1.80. The highest BCUT2D eigenvalue weighted by atomic mass is 16.5. The van der Waals surface area contributed by atoms with Crippen LogP contribution in [0.3, 0.4) is 0 Å². The number of hydrogen-bond donors (Lipinski definition) is 3. The SMILES string of the molecule is O=C1COc2cc(C(=O)NCc3ncn[nH]3)ccc2N1. The zero-order valence-electron chi connectivity index (χ0n) is 10.3. The fourth-order valence-corrected chi connectivity index (χ4v) is 1.80. The number of H-pyrrole nitrogens is 1. The van der Waals surface area contributed by atoms with E-state index >= 15 is 0 Å². The highest BCUT2D eigenvalue weighted by Gasteiger charge is 2.17. The molecule has 20 heavy (non-hydrogen) atoms. The Bertz CT molecular complexity index is 653. The van der Waals surface area contributed by atoms with Gasteiger partial charge in [-0.25, -0.2) is 4.98 Å². The molecular weight excluding hydrogens is 262 g/mol. The number of nitrogens with zero attached hydrogens (tertiary/aromatic N) is 2. The lowest BCUT2D eigenvalue weighted by Gasteiger charge is -2.18. The second-order valence-corrected chi connectivity index (χ2v) is 4.16. The van der Waals surface area contributed by atoms with Crippen molar-refractivity contribution < 1.29 is 14.3 Å². The van der Waals surface area contributed by atoms with Crippen LogP contribution in [0.2, 0.25) is 0 Å². The molecule has 0 saturated heterocycles. The first kappa shape index (κ1) is 12.2. The summed E-state index contributed by atoms with van der Waals surface area (Å²) in [5, 5.41) is 11.7. The molecule has 0 saturated carbocycles. The average molecular weight is 273 g/mol. The highest BCUT2D eigenvalue weighted by molar-refractivity contribution is 5.98. The van der Waals surface area contributed by atoms with Gasteiger partial charge in [-0.1, -0.05) is 0 Å².